The molecule has 3 aromatic rings. The van der Waals surface area contributed by atoms with Gasteiger partial charge in [-0.1, -0.05) is 12.1 Å². The smallest absolute Gasteiger partial charge is 0.266 e. The predicted molar refractivity (Wildman–Crippen MR) is 114 cm³/mol. The second-order valence-electron chi connectivity index (χ2n) is 8.36. The molecular formula is C24H23FN4O2. The van der Waals surface area contributed by atoms with Crippen molar-refractivity contribution < 1.29 is 9.18 Å². The molecule has 1 unspecified atom stereocenters. The van der Waals surface area contributed by atoms with Crippen LogP contribution >= 0.6 is 0 Å². The molecule has 31 heavy (non-hydrogen) atoms. The molecular weight excluding hydrogens is 395 g/mol. The van der Waals surface area contributed by atoms with E-state index in [0.717, 1.165) is 36.8 Å². The quantitative estimate of drug-likeness (QED) is 0.638. The Bertz CT molecular complexity index is 1160. The summed E-state index contributed by atoms with van der Waals surface area (Å²) in [4.78, 5) is 32.0. The fraction of sp³-hybridized carbons (Fsp3) is 0.333. The molecule has 2 fully saturated rings. The number of pyridine rings is 1. The number of benzene rings is 1. The van der Waals surface area contributed by atoms with E-state index in [1.54, 1.807) is 30.6 Å². The molecule has 1 aromatic carbocycles. The highest BCUT2D eigenvalue weighted by Crippen LogP contribution is 2.50. The van der Waals surface area contributed by atoms with Crippen LogP contribution in [0.25, 0.3) is 11.3 Å². The molecule has 0 radical (unpaired) electrons. The van der Waals surface area contributed by atoms with Gasteiger partial charge in [0.1, 0.15) is 5.82 Å². The zero-order chi connectivity index (χ0) is 21.4. The fourth-order valence-corrected chi connectivity index (χ4v) is 4.54. The van der Waals surface area contributed by atoms with Crippen LogP contribution in [0.5, 0.6) is 0 Å². The molecule has 1 amide bonds. The Kier molecular flexibility index (Phi) is 4.88. The summed E-state index contributed by atoms with van der Waals surface area (Å²) in [6, 6.07) is 13.1. The average molecular weight is 418 g/mol. The van der Waals surface area contributed by atoms with Gasteiger partial charge in [0, 0.05) is 30.6 Å². The second kappa shape index (κ2) is 7.72. The van der Waals surface area contributed by atoms with Crippen LogP contribution in [-0.2, 0) is 16.8 Å². The van der Waals surface area contributed by atoms with Gasteiger partial charge < -0.3 is 4.90 Å². The predicted octanol–water partition coefficient (Wildman–Crippen LogP) is 3.17. The van der Waals surface area contributed by atoms with E-state index in [2.05, 4.69) is 10.1 Å². The molecule has 0 bridgehead atoms. The van der Waals surface area contributed by atoms with Gasteiger partial charge >= 0.3 is 0 Å². The molecule has 1 atom stereocenters. The number of carbonyl (C=O) groups is 1. The maximum Gasteiger partial charge on any atom is 0.266 e. The lowest BCUT2D eigenvalue weighted by atomic mass is 9.94. The molecule has 158 valence electrons. The van der Waals surface area contributed by atoms with Gasteiger partial charge in [-0.3, -0.25) is 14.6 Å². The summed E-state index contributed by atoms with van der Waals surface area (Å²) in [6.45, 7) is 1.03. The largest absolute Gasteiger partial charge is 0.337 e. The van der Waals surface area contributed by atoms with Crippen LogP contribution in [-0.4, -0.2) is 38.2 Å². The molecule has 0 spiro atoms. The van der Waals surface area contributed by atoms with Crippen LogP contribution in [0.15, 0.2) is 65.7 Å². The third-order valence-electron chi connectivity index (χ3n) is 6.40. The van der Waals surface area contributed by atoms with Crippen molar-refractivity contribution in [1.82, 2.24) is 19.7 Å². The highest BCUT2D eigenvalue weighted by atomic mass is 19.1. The molecule has 1 saturated heterocycles. The minimum Gasteiger partial charge on any atom is -0.337 e. The Hall–Kier alpha value is -3.35. The molecule has 1 aliphatic heterocycles. The summed E-state index contributed by atoms with van der Waals surface area (Å²) in [5.74, 6) is -0.219. The molecule has 2 aliphatic rings. The van der Waals surface area contributed by atoms with Gasteiger partial charge in [-0.25, -0.2) is 9.07 Å². The first-order valence-corrected chi connectivity index (χ1v) is 10.6. The normalized spacial score (nSPS) is 19.4. The van der Waals surface area contributed by atoms with Crippen LogP contribution < -0.4 is 5.56 Å². The van der Waals surface area contributed by atoms with E-state index in [1.807, 2.05) is 17.0 Å². The van der Waals surface area contributed by atoms with Gasteiger partial charge in [-0.05, 0) is 61.6 Å². The minimum atomic E-state index is -0.549. The molecule has 1 saturated carbocycles. The Balaban J connectivity index is 1.39. The number of likely N-dealkylation sites (tertiary alicyclic amines) is 1. The molecule has 6 nitrogen and oxygen atoms in total. The minimum absolute atomic E-state index is 0.0815. The van der Waals surface area contributed by atoms with E-state index in [9.17, 15) is 14.0 Å². The van der Waals surface area contributed by atoms with E-state index in [4.69, 9.17) is 0 Å². The number of carbonyl (C=O) groups excluding carboxylic acids is 1. The zero-order valence-corrected chi connectivity index (χ0v) is 17.1. The Morgan fingerprint density at radius 2 is 1.94 bits per heavy atom. The summed E-state index contributed by atoms with van der Waals surface area (Å²) in [6.07, 6.45) is 6.67. The van der Waals surface area contributed by atoms with Crippen LogP contribution in [0, 0.1) is 5.82 Å². The zero-order valence-electron chi connectivity index (χ0n) is 17.1. The number of rotatable bonds is 5. The van der Waals surface area contributed by atoms with Gasteiger partial charge in [0.2, 0.25) is 5.91 Å². The van der Waals surface area contributed by atoms with Gasteiger partial charge in [-0.15, -0.1) is 0 Å². The highest BCUT2D eigenvalue weighted by Gasteiger charge is 2.54. The number of hydrogen-bond donors (Lipinski definition) is 0. The molecule has 2 aromatic heterocycles. The number of aromatic nitrogens is 3. The van der Waals surface area contributed by atoms with E-state index < -0.39 is 5.41 Å². The lowest BCUT2D eigenvalue weighted by molar-refractivity contribution is -0.135. The van der Waals surface area contributed by atoms with Gasteiger partial charge in [0.15, 0.2) is 0 Å². The monoisotopic (exact) mass is 418 g/mol. The van der Waals surface area contributed by atoms with Crippen molar-refractivity contribution in [2.45, 2.75) is 43.7 Å². The summed E-state index contributed by atoms with van der Waals surface area (Å²) < 4.78 is 14.8. The second-order valence-corrected chi connectivity index (χ2v) is 8.36. The van der Waals surface area contributed by atoms with Gasteiger partial charge in [0.05, 0.1) is 23.7 Å². The topological polar surface area (TPSA) is 68.1 Å². The summed E-state index contributed by atoms with van der Waals surface area (Å²) in [7, 11) is 0. The maximum absolute atomic E-state index is 13.5. The third-order valence-corrected chi connectivity index (χ3v) is 6.40. The van der Waals surface area contributed by atoms with E-state index in [-0.39, 0.29) is 23.3 Å². The third kappa shape index (κ3) is 3.65. The van der Waals surface area contributed by atoms with Gasteiger partial charge in [0.25, 0.3) is 5.56 Å². The Morgan fingerprint density at radius 1 is 1.13 bits per heavy atom. The van der Waals surface area contributed by atoms with E-state index >= 15 is 0 Å². The van der Waals surface area contributed by atoms with Crippen molar-refractivity contribution in [2.75, 3.05) is 6.54 Å². The highest BCUT2D eigenvalue weighted by molar-refractivity contribution is 5.91. The van der Waals surface area contributed by atoms with Gasteiger partial charge in [-0.2, -0.15) is 5.10 Å². The fourth-order valence-electron chi connectivity index (χ4n) is 4.54. The van der Waals surface area contributed by atoms with Crippen molar-refractivity contribution in [1.29, 1.82) is 0 Å². The SMILES string of the molecule is O=C(N1CCCC1Cn1nc(-c2cccnc2)ccc1=O)C1(c2ccc(F)cc2)CC1. The summed E-state index contributed by atoms with van der Waals surface area (Å²) >= 11 is 0. The standard InChI is InChI=1S/C24H23FN4O2/c25-19-7-5-18(6-8-19)24(11-12-24)23(31)28-14-2-4-20(28)16-29-22(30)10-9-21(27-29)17-3-1-13-26-15-17/h1,3,5-10,13,15,20H,2,4,11-12,14,16H2. The molecule has 3 heterocycles. The summed E-state index contributed by atoms with van der Waals surface area (Å²) in [5.41, 5.74) is 1.65. The number of nitrogens with zero attached hydrogens (tertiary/aromatic N) is 4. The average Bonchev–Trinajstić information content (AvgIpc) is 3.48. The Labute approximate surface area is 179 Å². The molecule has 0 N–H and O–H groups in total. The summed E-state index contributed by atoms with van der Waals surface area (Å²) in [5, 5.41) is 4.53. The lowest BCUT2D eigenvalue weighted by Crippen LogP contribution is -2.45. The lowest BCUT2D eigenvalue weighted by Gasteiger charge is -2.29. The molecule has 7 heteroatoms. The number of hydrogen-bond acceptors (Lipinski definition) is 4. The Morgan fingerprint density at radius 3 is 2.65 bits per heavy atom. The van der Waals surface area contributed by atoms with Crippen molar-refractivity contribution in [3.8, 4) is 11.3 Å². The molecule has 1 aliphatic carbocycles. The number of halogens is 1. The van der Waals surface area contributed by atoms with Crippen molar-refractivity contribution in [3.63, 3.8) is 0 Å². The number of amides is 1. The van der Waals surface area contributed by atoms with Crippen molar-refractivity contribution in [2.24, 2.45) is 0 Å². The van der Waals surface area contributed by atoms with E-state index in [0.29, 0.717) is 18.8 Å². The van der Waals surface area contributed by atoms with Crippen molar-refractivity contribution in [3.05, 3.63) is 82.7 Å². The first-order chi connectivity index (χ1) is 15.1. The van der Waals surface area contributed by atoms with Crippen molar-refractivity contribution >= 4 is 5.91 Å². The van der Waals surface area contributed by atoms with E-state index in [1.165, 1.54) is 22.9 Å². The maximum atomic E-state index is 13.5. The van der Waals surface area contributed by atoms with Crippen LogP contribution in [0.4, 0.5) is 4.39 Å². The van der Waals surface area contributed by atoms with Crippen LogP contribution in [0.2, 0.25) is 0 Å². The first-order valence-electron chi connectivity index (χ1n) is 10.6. The first kappa shape index (κ1) is 19.6. The van der Waals surface area contributed by atoms with Crippen LogP contribution in [0.1, 0.15) is 31.2 Å². The molecule has 5 rings (SSSR count). The van der Waals surface area contributed by atoms with Crippen LogP contribution in [0.3, 0.4) is 0 Å².